The fourth-order valence-corrected chi connectivity index (χ4v) is 3.97. The largest absolute Gasteiger partial charge is 0.384 e. The van der Waals surface area contributed by atoms with Gasteiger partial charge in [0, 0.05) is 18.7 Å². The van der Waals surface area contributed by atoms with E-state index in [1.807, 2.05) is 47.4 Å². The first-order valence-electron chi connectivity index (χ1n) is 10.9. The first kappa shape index (κ1) is 20.7. The van der Waals surface area contributed by atoms with Crippen LogP contribution in [0.3, 0.4) is 0 Å². The average Bonchev–Trinajstić information content (AvgIpc) is 3.08. The number of nitrogens with one attached hydrogen (secondary N) is 2. The van der Waals surface area contributed by atoms with Crippen LogP contribution in [0.2, 0.25) is 0 Å². The lowest BCUT2D eigenvalue weighted by Crippen LogP contribution is -2.46. The summed E-state index contributed by atoms with van der Waals surface area (Å²) in [6, 6.07) is 21.8. The second-order valence-corrected chi connectivity index (χ2v) is 8.05. The quantitative estimate of drug-likeness (QED) is 0.313. The second-order valence-electron chi connectivity index (χ2n) is 8.05. The molecule has 6 heteroatoms. The molecule has 2 amide bonds. The minimum absolute atomic E-state index is 0.00861. The van der Waals surface area contributed by atoms with Crippen molar-refractivity contribution in [2.45, 2.75) is 32.2 Å². The van der Waals surface area contributed by atoms with Gasteiger partial charge in [-0.2, -0.15) is 0 Å². The molecule has 31 heavy (non-hydrogen) atoms. The van der Waals surface area contributed by atoms with Crippen molar-refractivity contribution in [2.24, 2.45) is 5.73 Å². The molecule has 1 aliphatic heterocycles. The number of carbonyl (C=O) groups is 1. The SMILES string of the molecule is N=C(N)c1ccc(CN(Nc2ccc3ccccc3c2)C(=O)N2CCCCCC2)cc1. The number of amidine groups is 1. The van der Waals surface area contributed by atoms with Crippen LogP contribution in [0.5, 0.6) is 0 Å². The van der Waals surface area contributed by atoms with Gasteiger partial charge < -0.3 is 10.6 Å². The smallest absolute Gasteiger partial charge is 0.338 e. The number of nitrogens with zero attached hydrogens (tertiary/aromatic N) is 2. The van der Waals surface area contributed by atoms with Crippen LogP contribution in [0.4, 0.5) is 10.5 Å². The van der Waals surface area contributed by atoms with Crippen LogP contribution in [0.1, 0.15) is 36.8 Å². The van der Waals surface area contributed by atoms with Crippen molar-refractivity contribution < 1.29 is 4.79 Å². The highest BCUT2D eigenvalue weighted by Crippen LogP contribution is 2.21. The van der Waals surface area contributed by atoms with E-state index in [2.05, 4.69) is 29.7 Å². The van der Waals surface area contributed by atoms with Crippen LogP contribution in [0.25, 0.3) is 10.8 Å². The number of nitrogens with two attached hydrogens (primary N) is 1. The molecule has 1 fully saturated rings. The van der Waals surface area contributed by atoms with Gasteiger partial charge >= 0.3 is 6.03 Å². The molecule has 4 N–H and O–H groups in total. The Morgan fingerprint density at radius 1 is 0.935 bits per heavy atom. The zero-order chi connectivity index (χ0) is 21.6. The summed E-state index contributed by atoms with van der Waals surface area (Å²) in [5.74, 6) is 0.0401. The first-order chi connectivity index (χ1) is 15.1. The summed E-state index contributed by atoms with van der Waals surface area (Å²) < 4.78 is 0. The molecule has 0 radical (unpaired) electrons. The zero-order valence-electron chi connectivity index (χ0n) is 17.7. The zero-order valence-corrected chi connectivity index (χ0v) is 17.7. The fourth-order valence-electron chi connectivity index (χ4n) is 3.97. The van der Waals surface area contributed by atoms with E-state index in [1.54, 1.807) is 5.01 Å². The van der Waals surface area contributed by atoms with E-state index in [0.29, 0.717) is 12.1 Å². The van der Waals surface area contributed by atoms with E-state index in [9.17, 15) is 4.79 Å². The maximum Gasteiger partial charge on any atom is 0.338 e. The summed E-state index contributed by atoms with van der Waals surface area (Å²) >= 11 is 0. The number of hydrazine groups is 1. The van der Waals surface area contributed by atoms with E-state index < -0.39 is 0 Å². The Morgan fingerprint density at radius 3 is 2.29 bits per heavy atom. The van der Waals surface area contributed by atoms with Crippen LogP contribution in [-0.2, 0) is 6.54 Å². The molecule has 0 saturated carbocycles. The molecule has 1 aliphatic rings. The van der Waals surface area contributed by atoms with Gasteiger partial charge in [0.05, 0.1) is 12.2 Å². The summed E-state index contributed by atoms with van der Waals surface area (Å²) in [5.41, 5.74) is 11.5. The lowest BCUT2D eigenvalue weighted by atomic mass is 10.1. The number of fused-ring (bicyclic) bond motifs is 1. The van der Waals surface area contributed by atoms with Crippen LogP contribution in [0.15, 0.2) is 66.7 Å². The number of carbonyl (C=O) groups excluding carboxylic acids is 1. The summed E-state index contributed by atoms with van der Waals surface area (Å²) in [7, 11) is 0. The molecule has 1 saturated heterocycles. The maximum atomic E-state index is 13.4. The molecular weight excluding hydrogens is 386 g/mol. The van der Waals surface area contributed by atoms with Gasteiger partial charge in [0.15, 0.2) is 0 Å². The van der Waals surface area contributed by atoms with Gasteiger partial charge in [0.25, 0.3) is 0 Å². The monoisotopic (exact) mass is 415 g/mol. The van der Waals surface area contributed by atoms with Crippen molar-refractivity contribution in [1.29, 1.82) is 5.41 Å². The standard InChI is InChI=1S/C25H29N5O/c26-24(27)21-11-9-19(10-12-21)18-30(25(31)29-15-5-1-2-6-16-29)28-23-14-13-20-7-3-4-8-22(20)17-23/h3-4,7-14,17,28H,1-2,5-6,15-16,18H2,(H3,26,27). The number of likely N-dealkylation sites (tertiary alicyclic amines) is 1. The van der Waals surface area contributed by atoms with Gasteiger partial charge in [0.2, 0.25) is 0 Å². The highest BCUT2D eigenvalue weighted by molar-refractivity contribution is 5.94. The predicted octanol–water partition coefficient (Wildman–Crippen LogP) is 4.95. The molecule has 0 aliphatic carbocycles. The number of benzene rings is 3. The number of anilines is 1. The van der Waals surface area contributed by atoms with E-state index in [1.165, 1.54) is 18.2 Å². The molecular formula is C25H29N5O. The Balaban J connectivity index is 1.58. The average molecular weight is 416 g/mol. The Kier molecular flexibility index (Phi) is 6.36. The summed E-state index contributed by atoms with van der Waals surface area (Å²) in [4.78, 5) is 15.4. The molecule has 160 valence electrons. The minimum atomic E-state index is -0.00861. The van der Waals surface area contributed by atoms with Crippen molar-refractivity contribution in [1.82, 2.24) is 9.91 Å². The minimum Gasteiger partial charge on any atom is -0.384 e. The van der Waals surface area contributed by atoms with Crippen LogP contribution in [0, 0.1) is 5.41 Å². The first-order valence-corrected chi connectivity index (χ1v) is 10.9. The fraction of sp³-hybridized carbons (Fsp3) is 0.280. The topological polar surface area (TPSA) is 85.5 Å². The molecule has 0 spiro atoms. The van der Waals surface area contributed by atoms with Crippen molar-refractivity contribution in [3.05, 3.63) is 77.9 Å². The normalized spacial score (nSPS) is 14.1. The van der Waals surface area contributed by atoms with Crippen LogP contribution < -0.4 is 11.2 Å². The third kappa shape index (κ3) is 5.15. The summed E-state index contributed by atoms with van der Waals surface area (Å²) in [6.45, 7) is 2.00. The van der Waals surface area contributed by atoms with Crippen molar-refractivity contribution in [2.75, 3.05) is 18.5 Å². The summed E-state index contributed by atoms with van der Waals surface area (Å²) in [5, 5.41) is 11.6. The highest BCUT2D eigenvalue weighted by atomic mass is 16.2. The Labute approximate surface area is 183 Å². The Hall–Kier alpha value is -3.54. The molecule has 3 aromatic rings. The molecule has 1 heterocycles. The lowest BCUT2D eigenvalue weighted by Gasteiger charge is -2.31. The summed E-state index contributed by atoms with van der Waals surface area (Å²) in [6.07, 6.45) is 4.44. The van der Waals surface area contributed by atoms with Crippen molar-refractivity contribution in [3.8, 4) is 0 Å². The van der Waals surface area contributed by atoms with Gasteiger partial charge in [0.1, 0.15) is 5.84 Å². The third-order valence-electron chi connectivity index (χ3n) is 5.73. The Bertz CT molecular complexity index is 1050. The van der Waals surface area contributed by atoms with E-state index in [4.69, 9.17) is 11.1 Å². The number of hydrogen-bond acceptors (Lipinski definition) is 3. The van der Waals surface area contributed by atoms with Gasteiger partial charge in [-0.15, -0.1) is 0 Å². The molecule has 0 bridgehead atoms. The molecule has 0 unspecified atom stereocenters. The molecule has 4 rings (SSSR count). The number of hydrogen-bond donors (Lipinski definition) is 3. The third-order valence-corrected chi connectivity index (χ3v) is 5.73. The molecule has 6 nitrogen and oxygen atoms in total. The van der Waals surface area contributed by atoms with E-state index >= 15 is 0 Å². The number of amides is 2. The highest BCUT2D eigenvalue weighted by Gasteiger charge is 2.22. The number of nitrogen functional groups attached to an aromatic ring is 1. The van der Waals surface area contributed by atoms with Gasteiger partial charge in [-0.05, 0) is 41.3 Å². The second kappa shape index (κ2) is 9.51. The van der Waals surface area contributed by atoms with E-state index in [-0.39, 0.29) is 11.9 Å². The van der Waals surface area contributed by atoms with Gasteiger partial charge in [-0.1, -0.05) is 67.4 Å². The van der Waals surface area contributed by atoms with Crippen molar-refractivity contribution in [3.63, 3.8) is 0 Å². The van der Waals surface area contributed by atoms with Crippen LogP contribution >= 0.6 is 0 Å². The number of rotatable bonds is 5. The lowest BCUT2D eigenvalue weighted by molar-refractivity contribution is 0.162. The van der Waals surface area contributed by atoms with E-state index in [0.717, 1.165) is 42.6 Å². The van der Waals surface area contributed by atoms with Gasteiger partial charge in [-0.25, -0.2) is 9.80 Å². The molecule has 0 atom stereocenters. The maximum absolute atomic E-state index is 13.4. The van der Waals surface area contributed by atoms with Gasteiger partial charge in [-0.3, -0.25) is 10.8 Å². The molecule has 3 aromatic carbocycles. The predicted molar refractivity (Wildman–Crippen MR) is 126 cm³/mol. The van der Waals surface area contributed by atoms with Crippen LogP contribution in [-0.4, -0.2) is 34.9 Å². The molecule has 0 aromatic heterocycles. The number of urea groups is 1. The van der Waals surface area contributed by atoms with Crippen molar-refractivity contribution >= 4 is 28.3 Å². The Morgan fingerprint density at radius 2 is 1.61 bits per heavy atom.